The number of hydrogen-bond acceptors (Lipinski definition) is 2. The Bertz CT molecular complexity index is 416. The minimum atomic E-state index is -0.659. The van der Waals surface area contributed by atoms with Crippen molar-refractivity contribution >= 4 is 12.0 Å². The second-order valence-corrected chi connectivity index (χ2v) is 4.41. The third-order valence-corrected chi connectivity index (χ3v) is 1.87. The number of ether oxygens (including phenoxy) is 1. The molecule has 0 radical (unpaired) electrons. The second kappa shape index (κ2) is 4.47. The lowest BCUT2D eigenvalue weighted by Gasteiger charge is -2.19. The molecular weight excluding hydrogens is 207 g/mol. The van der Waals surface area contributed by atoms with Crippen molar-refractivity contribution in [1.82, 2.24) is 0 Å². The molecular formula is C13H15FO2. The lowest BCUT2D eigenvalue weighted by atomic mass is 10.1. The zero-order valence-corrected chi connectivity index (χ0v) is 9.71. The Labute approximate surface area is 94.7 Å². The second-order valence-electron chi connectivity index (χ2n) is 4.41. The Morgan fingerprint density at radius 2 is 2.06 bits per heavy atom. The molecule has 86 valence electrons. The van der Waals surface area contributed by atoms with E-state index in [0.717, 1.165) is 0 Å². The summed E-state index contributed by atoms with van der Waals surface area (Å²) in [7, 11) is 0. The first-order valence-corrected chi connectivity index (χ1v) is 4.99. The van der Waals surface area contributed by atoms with Crippen LogP contribution in [0, 0.1) is 5.82 Å². The minimum Gasteiger partial charge on any atom is -0.456 e. The van der Waals surface area contributed by atoms with E-state index in [1.165, 1.54) is 12.1 Å². The molecule has 0 bridgehead atoms. The van der Waals surface area contributed by atoms with Crippen molar-refractivity contribution in [2.75, 3.05) is 0 Å². The van der Waals surface area contributed by atoms with Crippen LogP contribution in [-0.2, 0) is 4.74 Å². The highest BCUT2D eigenvalue weighted by molar-refractivity contribution is 5.90. The highest BCUT2D eigenvalue weighted by atomic mass is 19.1. The van der Waals surface area contributed by atoms with E-state index < -0.39 is 17.4 Å². The third kappa shape index (κ3) is 2.92. The number of carbonyl (C=O) groups excluding carboxylic acids is 1. The molecule has 0 fully saturated rings. The number of carbonyl (C=O) groups is 1. The monoisotopic (exact) mass is 222 g/mol. The molecule has 0 amide bonds. The van der Waals surface area contributed by atoms with Gasteiger partial charge in [0.2, 0.25) is 0 Å². The molecule has 3 heteroatoms. The van der Waals surface area contributed by atoms with Gasteiger partial charge in [0, 0.05) is 5.56 Å². The maximum Gasteiger partial charge on any atom is 0.341 e. The highest BCUT2D eigenvalue weighted by Crippen LogP contribution is 2.18. The van der Waals surface area contributed by atoms with Crippen molar-refractivity contribution in [1.29, 1.82) is 0 Å². The van der Waals surface area contributed by atoms with E-state index >= 15 is 0 Å². The van der Waals surface area contributed by atoms with Crippen LogP contribution in [0.2, 0.25) is 0 Å². The smallest absolute Gasteiger partial charge is 0.341 e. The molecule has 0 spiro atoms. The zero-order chi connectivity index (χ0) is 12.3. The van der Waals surface area contributed by atoms with Gasteiger partial charge in [-0.25, -0.2) is 9.18 Å². The summed E-state index contributed by atoms with van der Waals surface area (Å²) < 4.78 is 18.8. The Morgan fingerprint density at radius 1 is 1.44 bits per heavy atom. The van der Waals surface area contributed by atoms with Crippen molar-refractivity contribution in [2.24, 2.45) is 0 Å². The van der Waals surface area contributed by atoms with E-state index in [-0.39, 0.29) is 5.56 Å². The van der Waals surface area contributed by atoms with Crippen molar-refractivity contribution in [3.63, 3.8) is 0 Å². The highest BCUT2D eigenvalue weighted by Gasteiger charge is 2.21. The van der Waals surface area contributed by atoms with Gasteiger partial charge in [0.05, 0.1) is 5.56 Å². The topological polar surface area (TPSA) is 26.3 Å². The van der Waals surface area contributed by atoms with Gasteiger partial charge < -0.3 is 4.74 Å². The van der Waals surface area contributed by atoms with Crippen LogP contribution >= 0.6 is 0 Å². The number of hydrogen-bond donors (Lipinski definition) is 0. The van der Waals surface area contributed by atoms with Gasteiger partial charge in [-0.15, -0.1) is 0 Å². The Kier molecular flexibility index (Phi) is 3.48. The van der Waals surface area contributed by atoms with Gasteiger partial charge in [0.25, 0.3) is 0 Å². The van der Waals surface area contributed by atoms with Crippen LogP contribution in [0.5, 0.6) is 0 Å². The summed E-state index contributed by atoms with van der Waals surface area (Å²) >= 11 is 0. The molecule has 0 atom stereocenters. The van der Waals surface area contributed by atoms with E-state index in [1.807, 2.05) is 0 Å². The molecule has 16 heavy (non-hydrogen) atoms. The molecule has 0 aliphatic rings. The van der Waals surface area contributed by atoms with E-state index in [1.54, 1.807) is 32.9 Å². The van der Waals surface area contributed by atoms with Crippen LogP contribution in [0.25, 0.3) is 6.08 Å². The fourth-order valence-corrected chi connectivity index (χ4v) is 1.20. The maximum absolute atomic E-state index is 13.7. The lowest BCUT2D eigenvalue weighted by Crippen LogP contribution is -2.24. The third-order valence-electron chi connectivity index (χ3n) is 1.87. The summed E-state index contributed by atoms with van der Waals surface area (Å²) in [5, 5.41) is 0. The summed E-state index contributed by atoms with van der Waals surface area (Å²) in [4.78, 5) is 11.7. The van der Waals surface area contributed by atoms with E-state index in [9.17, 15) is 9.18 Å². The average Bonchev–Trinajstić information content (AvgIpc) is 2.15. The maximum atomic E-state index is 13.7. The summed E-state index contributed by atoms with van der Waals surface area (Å²) in [5.41, 5.74) is -0.399. The molecule has 1 aromatic rings. The van der Waals surface area contributed by atoms with Crippen LogP contribution in [0.1, 0.15) is 36.7 Å². The molecule has 0 aliphatic heterocycles. The molecule has 2 nitrogen and oxygen atoms in total. The van der Waals surface area contributed by atoms with E-state index in [0.29, 0.717) is 5.56 Å². The first-order valence-electron chi connectivity index (χ1n) is 4.99. The van der Waals surface area contributed by atoms with Gasteiger partial charge in [0.15, 0.2) is 0 Å². The van der Waals surface area contributed by atoms with Gasteiger partial charge in [-0.2, -0.15) is 0 Å². The predicted octanol–water partition coefficient (Wildman–Crippen LogP) is 3.42. The molecule has 0 N–H and O–H groups in total. The fraction of sp³-hybridized carbons (Fsp3) is 0.308. The molecule has 0 saturated heterocycles. The Balaban J connectivity index is 3.05. The summed E-state index contributed by atoms with van der Waals surface area (Å²) in [6, 6.07) is 4.55. The fourth-order valence-electron chi connectivity index (χ4n) is 1.20. The van der Waals surface area contributed by atoms with Crippen LogP contribution in [0.4, 0.5) is 4.39 Å². The summed E-state index contributed by atoms with van der Waals surface area (Å²) in [6.45, 7) is 8.68. The Hall–Kier alpha value is -1.64. The Morgan fingerprint density at radius 3 is 2.56 bits per heavy atom. The van der Waals surface area contributed by atoms with Crippen LogP contribution in [0.3, 0.4) is 0 Å². The van der Waals surface area contributed by atoms with E-state index in [4.69, 9.17) is 4.74 Å². The lowest BCUT2D eigenvalue weighted by molar-refractivity contribution is 0.00647. The van der Waals surface area contributed by atoms with Crippen LogP contribution in [0.15, 0.2) is 24.8 Å². The van der Waals surface area contributed by atoms with Gasteiger partial charge >= 0.3 is 5.97 Å². The summed E-state index contributed by atoms with van der Waals surface area (Å²) in [6.07, 6.45) is 1.36. The van der Waals surface area contributed by atoms with Gasteiger partial charge in [-0.1, -0.05) is 24.8 Å². The standard InChI is InChI=1S/C13H15FO2/c1-5-9-7-6-8-10(11(9)14)12(15)16-13(2,3)4/h5-8H,1H2,2-4H3. The van der Waals surface area contributed by atoms with Crippen molar-refractivity contribution in [2.45, 2.75) is 26.4 Å². The quantitative estimate of drug-likeness (QED) is 0.716. The first kappa shape index (κ1) is 12.4. The van der Waals surface area contributed by atoms with Crippen molar-refractivity contribution in [3.05, 3.63) is 41.7 Å². The molecule has 0 heterocycles. The molecule has 0 aromatic heterocycles. The number of halogens is 1. The number of benzene rings is 1. The van der Waals surface area contributed by atoms with Crippen molar-refractivity contribution < 1.29 is 13.9 Å². The molecule has 1 rings (SSSR count). The molecule has 0 aliphatic carbocycles. The largest absolute Gasteiger partial charge is 0.456 e. The van der Waals surface area contributed by atoms with Crippen LogP contribution < -0.4 is 0 Å². The number of rotatable bonds is 2. The molecule has 0 unspecified atom stereocenters. The molecule has 1 aromatic carbocycles. The zero-order valence-electron chi connectivity index (χ0n) is 9.71. The first-order chi connectivity index (χ1) is 7.35. The van der Waals surface area contributed by atoms with Gasteiger partial charge in [-0.05, 0) is 26.8 Å². The average molecular weight is 222 g/mol. The van der Waals surface area contributed by atoms with Gasteiger partial charge in [0.1, 0.15) is 11.4 Å². The van der Waals surface area contributed by atoms with Gasteiger partial charge in [-0.3, -0.25) is 0 Å². The van der Waals surface area contributed by atoms with Crippen LogP contribution in [-0.4, -0.2) is 11.6 Å². The van der Waals surface area contributed by atoms with E-state index in [2.05, 4.69) is 6.58 Å². The predicted molar refractivity (Wildman–Crippen MR) is 61.7 cm³/mol. The molecule has 0 saturated carbocycles. The normalized spacial score (nSPS) is 11.0. The minimum absolute atomic E-state index is 0.0627. The summed E-state index contributed by atoms with van der Waals surface area (Å²) in [5.74, 6) is -1.25. The SMILES string of the molecule is C=Cc1cccc(C(=O)OC(C)(C)C)c1F. The van der Waals surface area contributed by atoms with Crippen molar-refractivity contribution in [3.8, 4) is 0 Å². The number of esters is 1.